The highest BCUT2D eigenvalue weighted by Crippen LogP contribution is 2.22. The second kappa shape index (κ2) is 9.18. The summed E-state index contributed by atoms with van der Waals surface area (Å²) in [6.45, 7) is 1.37. The topological polar surface area (TPSA) is 101 Å². The molecule has 0 saturated carbocycles. The molecule has 0 spiro atoms. The number of ether oxygens (including phenoxy) is 2. The van der Waals surface area contributed by atoms with Gasteiger partial charge in [-0.15, -0.1) is 0 Å². The predicted molar refractivity (Wildman–Crippen MR) is 102 cm³/mol. The summed E-state index contributed by atoms with van der Waals surface area (Å²) in [5.74, 6) is -1.07. The molecule has 0 radical (unpaired) electrons. The molecule has 1 aliphatic heterocycles. The van der Waals surface area contributed by atoms with E-state index in [0.717, 1.165) is 11.3 Å². The lowest BCUT2D eigenvalue weighted by Gasteiger charge is -2.39. The third-order valence-electron chi connectivity index (χ3n) is 4.71. The molecule has 1 aromatic carbocycles. The van der Waals surface area contributed by atoms with E-state index in [-0.39, 0.29) is 24.4 Å². The Morgan fingerprint density at radius 1 is 1.29 bits per heavy atom. The van der Waals surface area contributed by atoms with Gasteiger partial charge < -0.3 is 24.8 Å². The van der Waals surface area contributed by atoms with Crippen molar-refractivity contribution in [3.63, 3.8) is 0 Å². The van der Waals surface area contributed by atoms with Gasteiger partial charge in [0.1, 0.15) is 12.3 Å². The van der Waals surface area contributed by atoms with Gasteiger partial charge in [-0.1, -0.05) is 30.3 Å². The fourth-order valence-electron chi connectivity index (χ4n) is 3.20. The molecule has 28 heavy (non-hydrogen) atoms. The zero-order valence-electron chi connectivity index (χ0n) is 15.6. The van der Waals surface area contributed by atoms with Crippen LogP contribution in [0.25, 0.3) is 0 Å². The lowest BCUT2D eigenvalue weighted by Crippen LogP contribution is -2.55. The number of hydrogen-bond acceptors (Lipinski definition) is 6. The molecule has 1 aromatic heterocycles. The Labute approximate surface area is 163 Å². The van der Waals surface area contributed by atoms with E-state index in [4.69, 9.17) is 14.6 Å². The van der Waals surface area contributed by atoms with E-state index >= 15 is 0 Å². The number of rotatable bonds is 6. The maximum Gasteiger partial charge on any atom is 0.407 e. The number of methoxy groups -OCH3 is 1. The zero-order valence-corrected chi connectivity index (χ0v) is 15.6. The number of benzene rings is 1. The molecule has 1 amide bonds. The van der Waals surface area contributed by atoms with Crippen LogP contribution in [0.1, 0.15) is 22.5 Å². The van der Waals surface area contributed by atoms with Crippen LogP contribution in [0.5, 0.6) is 0 Å². The highest BCUT2D eigenvalue weighted by molar-refractivity contribution is 5.86. The highest BCUT2D eigenvalue weighted by atomic mass is 16.5. The van der Waals surface area contributed by atoms with Crippen LogP contribution in [0.15, 0.2) is 48.7 Å². The first-order chi connectivity index (χ1) is 13.6. The van der Waals surface area contributed by atoms with Crippen molar-refractivity contribution >= 4 is 17.7 Å². The summed E-state index contributed by atoms with van der Waals surface area (Å²) in [6, 6.07) is 12.6. The SMILES string of the molecule is CO[C@@H]1CN(c2ccnc(C(=O)O)c2)CC[C@@H]1NC(=O)OCc1ccccc1. The van der Waals surface area contributed by atoms with Crippen LogP contribution in [0, 0.1) is 0 Å². The number of anilines is 1. The van der Waals surface area contributed by atoms with Crippen LogP contribution in [0.4, 0.5) is 10.5 Å². The number of aromatic nitrogens is 1. The van der Waals surface area contributed by atoms with Crippen molar-refractivity contribution < 1.29 is 24.2 Å². The second-order valence-electron chi connectivity index (χ2n) is 6.53. The van der Waals surface area contributed by atoms with Gasteiger partial charge in [0.25, 0.3) is 0 Å². The van der Waals surface area contributed by atoms with Crippen molar-refractivity contribution in [2.24, 2.45) is 0 Å². The number of carboxylic acid groups (broad SMARTS) is 1. The van der Waals surface area contributed by atoms with E-state index < -0.39 is 12.1 Å². The third kappa shape index (κ3) is 4.98. The van der Waals surface area contributed by atoms with Gasteiger partial charge in [-0.3, -0.25) is 0 Å². The Morgan fingerprint density at radius 3 is 2.79 bits per heavy atom. The molecule has 0 aliphatic carbocycles. The number of carbonyl (C=O) groups is 2. The van der Waals surface area contributed by atoms with E-state index in [0.29, 0.717) is 19.5 Å². The first-order valence-electron chi connectivity index (χ1n) is 9.01. The zero-order chi connectivity index (χ0) is 19.9. The monoisotopic (exact) mass is 385 g/mol. The number of alkyl carbamates (subject to hydrolysis) is 1. The predicted octanol–water partition coefficient (Wildman–Crippen LogP) is 2.30. The fourth-order valence-corrected chi connectivity index (χ4v) is 3.20. The number of nitrogens with one attached hydrogen (secondary N) is 1. The highest BCUT2D eigenvalue weighted by Gasteiger charge is 2.31. The minimum absolute atomic E-state index is 0.00351. The largest absolute Gasteiger partial charge is 0.477 e. The standard InChI is InChI=1S/C20H23N3O5/c1-27-18-12-23(15-7-9-21-17(11-15)19(24)25)10-8-16(18)22-20(26)28-13-14-5-3-2-4-6-14/h2-7,9,11,16,18H,8,10,12-13H2,1H3,(H,22,26)(H,24,25)/t16-,18+/m0/s1. The lowest BCUT2D eigenvalue weighted by molar-refractivity contribution is 0.0546. The van der Waals surface area contributed by atoms with Crippen molar-refractivity contribution in [2.75, 3.05) is 25.1 Å². The minimum Gasteiger partial charge on any atom is -0.477 e. The van der Waals surface area contributed by atoms with Crippen LogP contribution in [-0.4, -0.2) is 54.5 Å². The number of pyridine rings is 1. The van der Waals surface area contributed by atoms with E-state index in [9.17, 15) is 9.59 Å². The molecular formula is C20H23N3O5. The summed E-state index contributed by atoms with van der Waals surface area (Å²) in [6.07, 6.45) is 1.39. The number of amides is 1. The van der Waals surface area contributed by atoms with E-state index in [1.165, 1.54) is 12.3 Å². The molecule has 8 nitrogen and oxygen atoms in total. The van der Waals surface area contributed by atoms with Gasteiger partial charge in [0.15, 0.2) is 0 Å². The van der Waals surface area contributed by atoms with Gasteiger partial charge in [0, 0.05) is 32.1 Å². The number of nitrogens with zero attached hydrogens (tertiary/aromatic N) is 2. The molecule has 8 heteroatoms. The van der Waals surface area contributed by atoms with E-state index in [1.807, 2.05) is 35.2 Å². The first kappa shape index (κ1) is 19.6. The molecule has 1 fully saturated rings. The molecule has 3 rings (SSSR count). The molecule has 148 valence electrons. The molecule has 1 saturated heterocycles. The molecule has 2 N–H and O–H groups in total. The van der Waals surface area contributed by atoms with E-state index in [2.05, 4.69) is 10.3 Å². The maximum absolute atomic E-state index is 12.1. The number of piperidine rings is 1. The third-order valence-corrected chi connectivity index (χ3v) is 4.71. The average molecular weight is 385 g/mol. The summed E-state index contributed by atoms with van der Waals surface area (Å²) < 4.78 is 10.8. The Bertz CT molecular complexity index is 814. The molecule has 2 heterocycles. The molecule has 0 bridgehead atoms. The quantitative estimate of drug-likeness (QED) is 0.787. The van der Waals surface area contributed by atoms with Crippen LogP contribution in [0.3, 0.4) is 0 Å². The summed E-state index contributed by atoms with van der Waals surface area (Å²) in [4.78, 5) is 29.1. The Balaban J connectivity index is 1.56. The molecule has 0 unspecified atom stereocenters. The minimum atomic E-state index is -1.07. The Morgan fingerprint density at radius 2 is 2.07 bits per heavy atom. The van der Waals surface area contributed by atoms with Crippen LogP contribution >= 0.6 is 0 Å². The van der Waals surface area contributed by atoms with Gasteiger partial charge in [0.2, 0.25) is 0 Å². The molecular weight excluding hydrogens is 362 g/mol. The van der Waals surface area contributed by atoms with Crippen LogP contribution in [-0.2, 0) is 16.1 Å². The normalized spacial score (nSPS) is 19.1. The Kier molecular flexibility index (Phi) is 6.44. The van der Waals surface area contributed by atoms with Crippen molar-refractivity contribution in [1.29, 1.82) is 0 Å². The number of hydrogen-bond donors (Lipinski definition) is 2. The van der Waals surface area contributed by atoms with Gasteiger partial charge in [-0.25, -0.2) is 14.6 Å². The van der Waals surface area contributed by atoms with Crippen molar-refractivity contribution in [1.82, 2.24) is 10.3 Å². The summed E-state index contributed by atoms with van der Waals surface area (Å²) in [5, 5.41) is 12.0. The molecule has 1 aliphatic rings. The summed E-state index contributed by atoms with van der Waals surface area (Å²) in [7, 11) is 1.59. The van der Waals surface area contributed by atoms with E-state index in [1.54, 1.807) is 13.2 Å². The fraction of sp³-hybridized carbons (Fsp3) is 0.350. The second-order valence-corrected chi connectivity index (χ2v) is 6.53. The van der Waals surface area contributed by atoms with Gasteiger partial charge in [-0.05, 0) is 24.1 Å². The van der Waals surface area contributed by atoms with Crippen LogP contribution < -0.4 is 10.2 Å². The van der Waals surface area contributed by atoms with Crippen molar-refractivity contribution in [2.45, 2.75) is 25.2 Å². The van der Waals surface area contributed by atoms with Gasteiger partial charge in [-0.2, -0.15) is 0 Å². The lowest BCUT2D eigenvalue weighted by atomic mass is 10.0. The number of aromatic carboxylic acids is 1. The van der Waals surface area contributed by atoms with Gasteiger partial charge in [0.05, 0.1) is 12.1 Å². The Hall–Kier alpha value is -3.13. The first-order valence-corrected chi connectivity index (χ1v) is 9.01. The number of carbonyl (C=O) groups excluding carboxylic acids is 1. The number of carboxylic acids is 1. The molecule has 2 aromatic rings. The van der Waals surface area contributed by atoms with Gasteiger partial charge >= 0.3 is 12.1 Å². The maximum atomic E-state index is 12.1. The van der Waals surface area contributed by atoms with Crippen LogP contribution in [0.2, 0.25) is 0 Å². The summed E-state index contributed by atoms with van der Waals surface area (Å²) in [5.41, 5.74) is 1.68. The van der Waals surface area contributed by atoms with Crippen molar-refractivity contribution in [3.8, 4) is 0 Å². The smallest absolute Gasteiger partial charge is 0.407 e. The van der Waals surface area contributed by atoms with Crippen molar-refractivity contribution in [3.05, 3.63) is 59.9 Å². The summed E-state index contributed by atoms with van der Waals surface area (Å²) >= 11 is 0. The molecule has 2 atom stereocenters. The average Bonchev–Trinajstić information content (AvgIpc) is 2.73.